The van der Waals surface area contributed by atoms with E-state index in [0.717, 1.165) is 17.0 Å². The highest BCUT2D eigenvalue weighted by molar-refractivity contribution is 5.47. The van der Waals surface area contributed by atoms with Gasteiger partial charge in [0.25, 0.3) is 0 Å². The first kappa shape index (κ1) is 12.8. The van der Waals surface area contributed by atoms with Crippen molar-refractivity contribution in [1.82, 2.24) is 4.90 Å². The van der Waals surface area contributed by atoms with Crippen LogP contribution in [0.15, 0.2) is 18.2 Å². The van der Waals surface area contributed by atoms with Crippen molar-refractivity contribution in [2.75, 3.05) is 26.4 Å². The molecular formula is C12H20N2O2. The molecule has 0 saturated heterocycles. The summed E-state index contributed by atoms with van der Waals surface area (Å²) < 4.78 is 5.26. The number of rotatable bonds is 5. The Morgan fingerprint density at radius 1 is 1.50 bits per heavy atom. The number of anilines is 1. The van der Waals surface area contributed by atoms with Crippen LogP contribution in [-0.4, -0.2) is 36.8 Å². The molecule has 0 saturated carbocycles. The standard InChI is InChI=1S/C12H20N2O2/c1-9(15)7-14(2)8-10-6-11(13)4-5-12(10)16-3/h4-6,9,15H,7-8,13H2,1-3H3. The van der Waals surface area contributed by atoms with Gasteiger partial charge in [-0.15, -0.1) is 0 Å². The molecule has 0 spiro atoms. The molecule has 0 radical (unpaired) electrons. The lowest BCUT2D eigenvalue weighted by Gasteiger charge is -2.20. The van der Waals surface area contributed by atoms with Crippen LogP contribution in [0, 0.1) is 0 Å². The molecule has 0 aliphatic carbocycles. The van der Waals surface area contributed by atoms with Gasteiger partial charge in [-0.05, 0) is 32.2 Å². The Labute approximate surface area is 96.6 Å². The molecule has 3 N–H and O–H groups in total. The number of hydrogen-bond donors (Lipinski definition) is 2. The minimum absolute atomic E-state index is 0.336. The Kier molecular flexibility index (Phi) is 4.58. The second kappa shape index (κ2) is 5.72. The van der Waals surface area contributed by atoms with E-state index in [9.17, 15) is 5.11 Å². The molecule has 1 aromatic carbocycles. The lowest BCUT2D eigenvalue weighted by atomic mass is 10.1. The van der Waals surface area contributed by atoms with Crippen LogP contribution in [0.5, 0.6) is 5.75 Å². The number of aliphatic hydroxyl groups is 1. The quantitative estimate of drug-likeness (QED) is 0.735. The number of methoxy groups -OCH3 is 1. The van der Waals surface area contributed by atoms with Gasteiger partial charge in [-0.25, -0.2) is 0 Å². The summed E-state index contributed by atoms with van der Waals surface area (Å²) in [5.74, 6) is 0.826. The minimum Gasteiger partial charge on any atom is -0.496 e. The van der Waals surface area contributed by atoms with E-state index in [1.165, 1.54) is 0 Å². The third kappa shape index (κ3) is 3.72. The molecule has 0 heterocycles. The normalized spacial score (nSPS) is 12.8. The third-order valence-electron chi connectivity index (χ3n) is 2.32. The molecule has 1 unspecified atom stereocenters. The molecule has 1 rings (SSSR count). The molecule has 0 aromatic heterocycles. The zero-order valence-electron chi connectivity index (χ0n) is 10.1. The molecule has 1 atom stereocenters. The summed E-state index contributed by atoms with van der Waals surface area (Å²) in [6.07, 6.45) is -0.336. The monoisotopic (exact) mass is 224 g/mol. The maximum absolute atomic E-state index is 9.28. The number of likely N-dealkylation sites (N-methyl/N-ethyl adjacent to an activating group) is 1. The zero-order chi connectivity index (χ0) is 12.1. The van der Waals surface area contributed by atoms with E-state index in [4.69, 9.17) is 10.5 Å². The van der Waals surface area contributed by atoms with Crippen molar-refractivity contribution in [2.45, 2.75) is 19.6 Å². The second-order valence-electron chi connectivity index (χ2n) is 4.12. The van der Waals surface area contributed by atoms with Crippen LogP contribution in [0.25, 0.3) is 0 Å². The molecule has 1 aromatic rings. The molecule has 90 valence electrons. The van der Waals surface area contributed by atoms with Crippen LogP contribution in [0.4, 0.5) is 5.69 Å². The highest BCUT2D eigenvalue weighted by atomic mass is 16.5. The van der Waals surface area contributed by atoms with Crippen LogP contribution in [0.2, 0.25) is 0 Å². The average molecular weight is 224 g/mol. The van der Waals surface area contributed by atoms with Gasteiger partial charge in [-0.1, -0.05) is 0 Å². The zero-order valence-corrected chi connectivity index (χ0v) is 10.1. The van der Waals surface area contributed by atoms with Crippen molar-refractivity contribution < 1.29 is 9.84 Å². The average Bonchev–Trinajstić information content (AvgIpc) is 2.16. The Balaban J connectivity index is 2.74. The largest absolute Gasteiger partial charge is 0.496 e. The van der Waals surface area contributed by atoms with Crippen molar-refractivity contribution in [3.05, 3.63) is 23.8 Å². The molecule has 4 nitrogen and oxygen atoms in total. The van der Waals surface area contributed by atoms with Crippen LogP contribution >= 0.6 is 0 Å². The van der Waals surface area contributed by atoms with E-state index < -0.39 is 0 Å². The van der Waals surface area contributed by atoms with Crippen LogP contribution < -0.4 is 10.5 Å². The first-order chi connectivity index (χ1) is 7.52. The number of aliphatic hydroxyl groups excluding tert-OH is 1. The third-order valence-corrected chi connectivity index (χ3v) is 2.32. The number of benzene rings is 1. The molecule has 0 bridgehead atoms. The topological polar surface area (TPSA) is 58.7 Å². The fourth-order valence-electron chi connectivity index (χ4n) is 1.73. The lowest BCUT2D eigenvalue weighted by molar-refractivity contribution is 0.138. The maximum atomic E-state index is 9.28. The maximum Gasteiger partial charge on any atom is 0.123 e. The summed E-state index contributed by atoms with van der Waals surface area (Å²) in [6.45, 7) is 3.10. The van der Waals surface area contributed by atoms with Gasteiger partial charge >= 0.3 is 0 Å². The Morgan fingerprint density at radius 2 is 2.19 bits per heavy atom. The second-order valence-corrected chi connectivity index (χ2v) is 4.12. The van der Waals surface area contributed by atoms with Gasteiger partial charge in [0.2, 0.25) is 0 Å². The van der Waals surface area contributed by atoms with Crippen LogP contribution in [-0.2, 0) is 6.54 Å². The van der Waals surface area contributed by atoms with Gasteiger partial charge < -0.3 is 15.6 Å². The van der Waals surface area contributed by atoms with E-state index in [1.54, 1.807) is 14.0 Å². The number of nitrogens with two attached hydrogens (primary N) is 1. The number of ether oxygens (including phenoxy) is 1. The summed E-state index contributed by atoms with van der Waals surface area (Å²) in [5.41, 5.74) is 7.49. The summed E-state index contributed by atoms with van der Waals surface area (Å²) in [7, 11) is 3.60. The summed E-state index contributed by atoms with van der Waals surface area (Å²) in [4.78, 5) is 2.03. The van der Waals surface area contributed by atoms with Gasteiger partial charge in [-0.3, -0.25) is 4.90 Å². The fraction of sp³-hybridized carbons (Fsp3) is 0.500. The van der Waals surface area contributed by atoms with Gasteiger partial charge in [-0.2, -0.15) is 0 Å². The van der Waals surface area contributed by atoms with E-state index >= 15 is 0 Å². The molecular weight excluding hydrogens is 204 g/mol. The fourth-order valence-corrected chi connectivity index (χ4v) is 1.73. The summed E-state index contributed by atoms with van der Waals surface area (Å²) >= 11 is 0. The smallest absolute Gasteiger partial charge is 0.123 e. The van der Waals surface area contributed by atoms with E-state index in [-0.39, 0.29) is 6.10 Å². The highest BCUT2D eigenvalue weighted by Gasteiger charge is 2.08. The van der Waals surface area contributed by atoms with Crippen molar-refractivity contribution in [3.8, 4) is 5.75 Å². The molecule has 0 fully saturated rings. The van der Waals surface area contributed by atoms with Gasteiger partial charge in [0.05, 0.1) is 13.2 Å². The SMILES string of the molecule is COc1ccc(N)cc1CN(C)CC(C)O. The number of hydrogen-bond acceptors (Lipinski definition) is 4. The predicted molar refractivity (Wildman–Crippen MR) is 65.4 cm³/mol. The Hall–Kier alpha value is -1.26. The Bertz CT molecular complexity index is 340. The highest BCUT2D eigenvalue weighted by Crippen LogP contribution is 2.22. The molecule has 4 heteroatoms. The first-order valence-electron chi connectivity index (χ1n) is 5.32. The van der Waals surface area contributed by atoms with E-state index in [1.807, 2.05) is 30.1 Å². The van der Waals surface area contributed by atoms with Crippen molar-refractivity contribution in [3.63, 3.8) is 0 Å². The van der Waals surface area contributed by atoms with Gasteiger partial charge in [0, 0.05) is 24.3 Å². The minimum atomic E-state index is -0.336. The summed E-state index contributed by atoms with van der Waals surface area (Å²) in [5, 5.41) is 9.28. The number of nitrogens with zero attached hydrogens (tertiary/aromatic N) is 1. The molecule has 0 aliphatic rings. The molecule has 16 heavy (non-hydrogen) atoms. The van der Waals surface area contributed by atoms with Crippen molar-refractivity contribution in [1.29, 1.82) is 0 Å². The first-order valence-corrected chi connectivity index (χ1v) is 5.32. The van der Waals surface area contributed by atoms with Crippen molar-refractivity contribution >= 4 is 5.69 Å². The predicted octanol–water partition coefficient (Wildman–Crippen LogP) is 1.09. The van der Waals surface area contributed by atoms with E-state index in [0.29, 0.717) is 13.1 Å². The van der Waals surface area contributed by atoms with Crippen LogP contribution in [0.3, 0.4) is 0 Å². The van der Waals surface area contributed by atoms with E-state index in [2.05, 4.69) is 0 Å². The summed E-state index contributed by atoms with van der Waals surface area (Å²) in [6, 6.07) is 5.58. The lowest BCUT2D eigenvalue weighted by Crippen LogP contribution is -2.26. The van der Waals surface area contributed by atoms with Crippen molar-refractivity contribution in [2.24, 2.45) is 0 Å². The van der Waals surface area contributed by atoms with Crippen LogP contribution in [0.1, 0.15) is 12.5 Å². The number of nitrogen functional groups attached to an aromatic ring is 1. The Morgan fingerprint density at radius 3 is 2.75 bits per heavy atom. The van der Waals surface area contributed by atoms with Gasteiger partial charge in [0.1, 0.15) is 5.75 Å². The molecule has 0 amide bonds. The molecule has 0 aliphatic heterocycles. The van der Waals surface area contributed by atoms with Gasteiger partial charge in [0.15, 0.2) is 0 Å².